The summed E-state index contributed by atoms with van der Waals surface area (Å²) >= 11 is 7.29. The zero-order valence-electron chi connectivity index (χ0n) is 11.4. The quantitative estimate of drug-likeness (QED) is 0.841. The zero-order valence-corrected chi connectivity index (χ0v) is 12.9. The lowest BCUT2D eigenvalue weighted by atomic mass is 10.2. The fourth-order valence-corrected chi connectivity index (χ4v) is 2.56. The van der Waals surface area contributed by atoms with E-state index in [-0.39, 0.29) is 11.9 Å². The molecule has 1 unspecified atom stereocenters. The maximum absolute atomic E-state index is 11.9. The van der Waals surface area contributed by atoms with Gasteiger partial charge < -0.3 is 9.73 Å². The van der Waals surface area contributed by atoms with Crippen LogP contribution in [0.3, 0.4) is 0 Å². The molecule has 106 valence electrons. The molecule has 1 N–H and O–H groups in total. The van der Waals surface area contributed by atoms with Crippen molar-refractivity contribution in [1.82, 2.24) is 5.32 Å². The molecule has 0 saturated carbocycles. The van der Waals surface area contributed by atoms with Gasteiger partial charge in [-0.05, 0) is 50.2 Å². The van der Waals surface area contributed by atoms with Gasteiger partial charge in [0.15, 0.2) is 0 Å². The van der Waals surface area contributed by atoms with Crippen molar-refractivity contribution < 1.29 is 9.21 Å². The average Bonchev–Trinajstić information content (AvgIpc) is 2.85. The largest absolute Gasteiger partial charge is 0.464 e. The van der Waals surface area contributed by atoms with Crippen molar-refractivity contribution in [3.8, 4) is 0 Å². The van der Waals surface area contributed by atoms with Gasteiger partial charge in [-0.15, -0.1) is 11.8 Å². The van der Waals surface area contributed by atoms with Gasteiger partial charge in [0.25, 0.3) is 0 Å². The minimum absolute atomic E-state index is 0.0218. The minimum atomic E-state index is -0.123. The topological polar surface area (TPSA) is 42.2 Å². The summed E-state index contributed by atoms with van der Waals surface area (Å²) in [6.45, 7) is 3.79. The smallest absolute Gasteiger partial charge is 0.230 e. The SMILES string of the molecule is Cc1ccc(C(C)NC(=O)CSc2ccc(Cl)cc2)o1. The highest BCUT2D eigenvalue weighted by Crippen LogP contribution is 2.21. The molecule has 0 aliphatic rings. The fraction of sp³-hybridized carbons (Fsp3) is 0.267. The second kappa shape index (κ2) is 6.86. The van der Waals surface area contributed by atoms with Gasteiger partial charge in [0.05, 0.1) is 11.8 Å². The second-order valence-corrected chi connectivity index (χ2v) is 5.97. The number of hydrogen-bond donors (Lipinski definition) is 1. The van der Waals surface area contributed by atoms with E-state index in [1.54, 1.807) is 0 Å². The van der Waals surface area contributed by atoms with Crippen molar-refractivity contribution in [2.75, 3.05) is 5.75 Å². The van der Waals surface area contributed by atoms with E-state index >= 15 is 0 Å². The van der Waals surface area contributed by atoms with Gasteiger partial charge in [-0.25, -0.2) is 0 Å². The predicted molar refractivity (Wildman–Crippen MR) is 82.2 cm³/mol. The van der Waals surface area contributed by atoms with Gasteiger partial charge in [-0.2, -0.15) is 0 Å². The summed E-state index contributed by atoms with van der Waals surface area (Å²) in [6, 6.07) is 11.1. The van der Waals surface area contributed by atoms with Crippen LogP contribution >= 0.6 is 23.4 Å². The number of nitrogens with one attached hydrogen (secondary N) is 1. The van der Waals surface area contributed by atoms with Gasteiger partial charge in [-0.3, -0.25) is 4.79 Å². The van der Waals surface area contributed by atoms with E-state index in [0.717, 1.165) is 16.4 Å². The molecule has 0 fully saturated rings. The number of aryl methyl sites for hydroxylation is 1. The Bertz CT molecular complexity index is 580. The molecule has 0 aliphatic heterocycles. The van der Waals surface area contributed by atoms with Crippen molar-refractivity contribution in [2.24, 2.45) is 0 Å². The van der Waals surface area contributed by atoms with Crippen molar-refractivity contribution in [3.63, 3.8) is 0 Å². The zero-order chi connectivity index (χ0) is 14.5. The third kappa shape index (κ3) is 4.32. The van der Waals surface area contributed by atoms with Crippen molar-refractivity contribution in [1.29, 1.82) is 0 Å². The number of benzene rings is 1. The van der Waals surface area contributed by atoms with E-state index < -0.39 is 0 Å². The molecule has 2 aromatic rings. The summed E-state index contributed by atoms with van der Waals surface area (Å²) in [7, 11) is 0. The molecule has 0 radical (unpaired) electrons. The summed E-state index contributed by atoms with van der Waals surface area (Å²) in [6.07, 6.45) is 0. The summed E-state index contributed by atoms with van der Waals surface area (Å²) in [5.74, 6) is 1.96. The number of halogens is 1. The van der Waals surface area contributed by atoms with Gasteiger partial charge in [0.1, 0.15) is 11.5 Å². The normalized spacial score (nSPS) is 12.2. The van der Waals surface area contributed by atoms with Crippen LogP contribution in [-0.4, -0.2) is 11.7 Å². The van der Waals surface area contributed by atoms with Gasteiger partial charge in [-0.1, -0.05) is 11.6 Å². The summed E-state index contributed by atoms with van der Waals surface area (Å²) < 4.78 is 5.49. The van der Waals surface area contributed by atoms with Crippen molar-refractivity contribution in [3.05, 3.63) is 52.9 Å². The molecule has 1 amide bonds. The van der Waals surface area contributed by atoms with Crippen LogP contribution in [0.25, 0.3) is 0 Å². The Morgan fingerprint density at radius 1 is 1.30 bits per heavy atom. The lowest BCUT2D eigenvalue weighted by Gasteiger charge is -2.11. The highest BCUT2D eigenvalue weighted by atomic mass is 35.5. The van der Waals surface area contributed by atoms with Crippen LogP contribution in [0.5, 0.6) is 0 Å². The third-order valence-corrected chi connectivity index (χ3v) is 4.01. The molecule has 5 heteroatoms. The predicted octanol–water partition coefficient (Wildman–Crippen LogP) is 4.21. The summed E-state index contributed by atoms with van der Waals surface area (Å²) in [5.41, 5.74) is 0. The van der Waals surface area contributed by atoms with Crippen LogP contribution in [0.2, 0.25) is 5.02 Å². The number of carbonyl (C=O) groups excluding carboxylic acids is 1. The number of thioether (sulfide) groups is 1. The molecule has 20 heavy (non-hydrogen) atoms. The van der Waals surface area contributed by atoms with Crippen molar-refractivity contribution in [2.45, 2.75) is 24.8 Å². The van der Waals surface area contributed by atoms with Gasteiger partial charge in [0.2, 0.25) is 5.91 Å². The Morgan fingerprint density at radius 3 is 2.60 bits per heavy atom. The van der Waals surface area contributed by atoms with E-state index in [2.05, 4.69) is 5.32 Å². The van der Waals surface area contributed by atoms with E-state index in [1.165, 1.54) is 11.8 Å². The lowest BCUT2D eigenvalue weighted by Crippen LogP contribution is -2.27. The number of amides is 1. The van der Waals surface area contributed by atoms with Crippen LogP contribution in [-0.2, 0) is 4.79 Å². The number of rotatable bonds is 5. The highest BCUT2D eigenvalue weighted by Gasteiger charge is 2.12. The number of carbonyl (C=O) groups is 1. The molecule has 1 atom stereocenters. The Balaban J connectivity index is 1.82. The number of furan rings is 1. The molecular formula is C15H16ClNO2S. The first kappa shape index (κ1) is 15.0. The molecule has 0 saturated heterocycles. The maximum Gasteiger partial charge on any atom is 0.230 e. The average molecular weight is 310 g/mol. The lowest BCUT2D eigenvalue weighted by molar-refractivity contribution is -0.119. The van der Waals surface area contributed by atoms with Crippen molar-refractivity contribution >= 4 is 29.3 Å². The van der Waals surface area contributed by atoms with Crippen LogP contribution in [0.4, 0.5) is 0 Å². The Morgan fingerprint density at radius 2 is 2.00 bits per heavy atom. The minimum Gasteiger partial charge on any atom is -0.464 e. The molecule has 0 aliphatic carbocycles. The Hall–Kier alpha value is -1.39. The fourth-order valence-electron chi connectivity index (χ4n) is 1.72. The highest BCUT2D eigenvalue weighted by molar-refractivity contribution is 8.00. The second-order valence-electron chi connectivity index (χ2n) is 4.48. The Kier molecular flexibility index (Phi) is 5.15. The molecule has 0 spiro atoms. The first-order chi connectivity index (χ1) is 9.54. The first-order valence-corrected chi connectivity index (χ1v) is 7.65. The molecule has 2 rings (SSSR count). The van der Waals surface area contributed by atoms with Gasteiger partial charge in [0, 0.05) is 9.92 Å². The maximum atomic E-state index is 11.9. The van der Waals surface area contributed by atoms with E-state index in [9.17, 15) is 4.79 Å². The van der Waals surface area contributed by atoms with Gasteiger partial charge >= 0.3 is 0 Å². The van der Waals surface area contributed by atoms with Crippen LogP contribution in [0.15, 0.2) is 45.7 Å². The van der Waals surface area contributed by atoms with Crippen LogP contribution in [0.1, 0.15) is 24.5 Å². The van der Waals surface area contributed by atoms with E-state index in [1.807, 2.05) is 50.2 Å². The molecule has 0 bridgehead atoms. The standard InChI is InChI=1S/C15H16ClNO2S/c1-10-3-8-14(19-10)11(2)17-15(18)9-20-13-6-4-12(16)5-7-13/h3-8,11H,9H2,1-2H3,(H,17,18). The van der Waals surface area contributed by atoms with E-state index in [4.69, 9.17) is 16.0 Å². The Labute approximate surface area is 127 Å². The first-order valence-electron chi connectivity index (χ1n) is 6.28. The summed E-state index contributed by atoms with van der Waals surface area (Å²) in [5, 5.41) is 3.61. The summed E-state index contributed by atoms with van der Waals surface area (Å²) in [4.78, 5) is 12.9. The third-order valence-electron chi connectivity index (χ3n) is 2.75. The molecule has 1 aromatic carbocycles. The number of hydrogen-bond acceptors (Lipinski definition) is 3. The molecular weight excluding hydrogens is 294 g/mol. The van der Waals surface area contributed by atoms with Crippen LogP contribution in [0, 0.1) is 6.92 Å². The van der Waals surface area contributed by atoms with Crippen LogP contribution < -0.4 is 5.32 Å². The molecule has 1 aromatic heterocycles. The van der Waals surface area contributed by atoms with E-state index in [0.29, 0.717) is 10.8 Å². The monoisotopic (exact) mass is 309 g/mol. The molecule has 3 nitrogen and oxygen atoms in total. The molecule has 1 heterocycles.